The van der Waals surface area contributed by atoms with E-state index in [-0.39, 0.29) is 5.91 Å². The van der Waals surface area contributed by atoms with Crippen LogP contribution in [0.3, 0.4) is 0 Å². The lowest BCUT2D eigenvalue weighted by atomic mass is 9.98. The highest BCUT2D eigenvalue weighted by atomic mass is 16.5. The van der Waals surface area contributed by atoms with E-state index in [1.165, 1.54) is 25.3 Å². The highest BCUT2D eigenvalue weighted by Gasteiger charge is 2.24. The number of likely N-dealkylation sites (tertiary alicyclic amines) is 1. The van der Waals surface area contributed by atoms with Gasteiger partial charge in [-0.15, -0.1) is 0 Å². The topological polar surface area (TPSA) is 63.9 Å². The highest BCUT2D eigenvalue weighted by Crippen LogP contribution is 2.30. The molecule has 0 unspecified atom stereocenters. The van der Waals surface area contributed by atoms with Gasteiger partial charge in [0.25, 0.3) is 0 Å². The van der Waals surface area contributed by atoms with E-state index in [9.17, 15) is 4.79 Å². The number of carbonyl (C=O) groups is 1. The molecule has 0 radical (unpaired) electrons. The SMILES string of the molecule is COc1ccc(NC(=O)/C=C/c2ccoc2)cc1OCCN1[C@H](C)CCC[C@@H]1C. The Labute approximate surface area is 172 Å². The van der Waals surface area contributed by atoms with Gasteiger partial charge in [-0.25, -0.2) is 0 Å². The Balaban J connectivity index is 1.58. The van der Waals surface area contributed by atoms with Crippen molar-refractivity contribution in [2.75, 3.05) is 25.6 Å². The number of anilines is 1. The number of carbonyl (C=O) groups excluding carboxylic acids is 1. The van der Waals surface area contributed by atoms with E-state index in [1.807, 2.05) is 0 Å². The second kappa shape index (κ2) is 10.2. The summed E-state index contributed by atoms with van der Waals surface area (Å²) in [4.78, 5) is 14.7. The fourth-order valence-corrected chi connectivity index (χ4v) is 3.77. The van der Waals surface area contributed by atoms with Gasteiger partial charge in [0.1, 0.15) is 6.61 Å². The number of hydrogen-bond donors (Lipinski definition) is 1. The number of methoxy groups -OCH3 is 1. The minimum absolute atomic E-state index is 0.224. The van der Waals surface area contributed by atoms with Crippen LogP contribution < -0.4 is 14.8 Å². The van der Waals surface area contributed by atoms with Crippen molar-refractivity contribution < 1.29 is 18.7 Å². The third-order valence-corrected chi connectivity index (χ3v) is 5.38. The molecule has 1 aliphatic rings. The molecule has 1 N–H and O–H groups in total. The number of nitrogens with one attached hydrogen (secondary N) is 1. The van der Waals surface area contributed by atoms with Gasteiger partial charge >= 0.3 is 0 Å². The first-order valence-corrected chi connectivity index (χ1v) is 10.1. The summed E-state index contributed by atoms with van der Waals surface area (Å²) in [6.45, 7) is 6.01. The first-order valence-electron chi connectivity index (χ1n) is 10.1. The van der Waals surface area contributed by atoms with Crippen molar-refractivity contribution in [1.82, 2.24) is 4.90 Å². The van der Waals surface area contributed by atoms with E-state index in [2.05, 4.69) is 24.1 Å². The van der Waals surface area contributed by atoms with Crippen molar-refractivity contribution in [3.63, 3.8) is 0 Å². The monoisotopic (exact) mass is 398 g/mol. The summed E-state index contributed by atoms with van der Waals surface area (Å²) in [5.74, 6) is 1.05. The van der Waals surface area contributed by atoms with Crippen LogP contribution >= 0.6 is 0 Å². The summed E-state index contributed by atoms with van der Waals surface area (Å²) >= 11 is 0. The average molecular weight is 399 g/mol. The number of ether oxygens (including phenoxy) is 2. The maximum Gasteiger partial charge on any atom is 0.248 e. The third kappa shape index (κ3) is 5.87. The van der Waals surface area contributed by atoms with Gasteiger partial charge in [-0.05, 0) is 51.0 Å². The van der Waals surface area contributed by atoms with Crippen LogP contribution in [0.4, 0.5) is 5.69 Å². The largest absolute Gasteiger partial charge is 0.493 e. The molecule has 2 aromatic rings. The molecule has 3 rings (SSSR count). The van der Waals surface area contributed by atoms with Crippen LogP contribution in [0.5, 0.6) is 11.5 Å². The highest BCUT2D eigenvalue weighted by molar-refractivity contribution is 6.02. The molecule has 1 amide bonds. The van der Waals surface area contributed by atoms with Crippen molar-refractivity contribution in [2.45, 2.75) is 45.2 Å². The van der Waals surface area contributed by atoms with Crippen LogP contribution in [-0.4, -0.2) is 43.2 Å². The Kier molecular flexibility index (Phi) is 7.36. The minimum Gasteiger partial charge on any atom is -0.493 e. The number of furan rings is 1. The first-order chi connectivity index (χ1) is 14.1. The molecule has 29 heavy (non-hydrogen) atoms. The zero-order valence-electron chi connectivity index (χ0n) is 17.4. The molecule has 1 aromatic carbocycles. The molecule has 1 aromatic heterocycles. The fourth-order valence-electron chi connectivity index (χ4n) is 3.77. The first kappa shape index (κ1) is 21.0. The number of benzene rings is 1. The molecule has 156 valence electrons. The van der Waals surface area contributed by atoms with Crippen molar-refractivity contribution >= 4 is 17.7 Å². The smallest absolute Gasteiger partial charge is 0.248 e. The number of nitrogens with zero attached hydrogens (tertiary/aromatic N) is 1. The molecular weight excluding hydrogens is 368 g/mol. The van der Waals surface area contributed by atoms with Gasteiger partial charge in [0.15, 0.2) is 11.5 Å². The normalized spacial score (nSPS) is 20.0. The lowest BCUT2D eigenvalue weighted by Crippen LogP contribution is -2.45. The molecule has 1 fully saturated rings. The molecule has 0 aliphatic carbocycles. The van der Waals surface area contributed by atoms with Gasteiger partial charge in [-0.1, -0.05) is 6.42 Å². The summed E-state index contributed by atoms with van der Waals surface area (Å²) in [5.41, 5.74) is 1.49. The molecule has 1 saturated heterocycles. The van der Waals surface area contributed by atoms with Crippen LogP contribution in [0.25, 0.3) is 6.08 Å². The number of amides is 1. The van der Waals surface area contributed by atoms with E-state index < -0.39 is 0 Å². The maximum absolute atomic E-state index is 12.2. The van der Waals surface area contributed by atoms with Gasteiger partial charge in [0.05, 0.1) is 19.6 Å². The molecule has 0 spiro atoms. The van der Waals surface area contributed by atoms with Crippen LogP contribution in [-0.2, 0) is 4.79 Å². The quantitative estimate of drug-likeness (QED) is 0.660. The van der Waals surface area contributed by atoms with Crippen LogP contribution in [0.1, 0.15) is 38.7 Å². The zero-order valence-corrected chi connectivity index (χ0v) is 17.4. The second-order valence-corrected chi connectivity index (χ2v) is 7.46. The minimum atomic E-state index is -0.224. The van der Waals surface area contributed by atoms with Crippen LogP contribution in [0, 0.1) is 0 Å². The van der Waals surface area contributed by atoms with Gasteiger partial charge in [0.2, 0.25) is 5.91 Å². The fraction of sp³-hybridized carbons (Fsp3) is 0.435. The Bertz CT molecular complexity index is 806. The van der Waals surface area contributed by atoms with Crippen LogP contribution in [0.2, 0.25) is 0 Å². The van der Waals surface area contributed by atoms with Gasteiger partial charge in [-0.2, -0.15) is 0 Å². The van der Waals surface area contributed by atoms with E-state index in [4.69, 9.17) is 13.9 Å². The molecule has 6 nitrogen and oxygen atoms in total. The van der Waals surface area contributed by atoms with E-state index >= 15 is 0 Å². The lowest BCUT2D eigenvalue weighted by molar-refractivity contribution is -0.111. The number of piperidine rings is 1. The number of rotatable bonds is 8. The summed E-state index contributed by atoms with van der Waals surface area (Å²) in [5, 5.41) is 2.85. The molecular formula is C23H30N2O4. The van der Waals surface area contributed by atoms with Crippen molar-refractivity contribution in [3.05, 3.63) is 48.4 Å². The average Bonchev–Trinajstić information content (AvgIpc) is 3.22. The second-order valence-electron chi connectivity index (χ2n) is 7.46. The van der Waals surface area contributed by atoms with Crippen molar-refractivity contribution in [2.24, 2.45) is 0 Å². The molecule has 1 aliphatic heterocycles. The number of hydrogen-bond acceptors (Lipinski definition) is 5. The Morgan fingerprint density at radius 1 is 1.24 bits per heavy atom. The predicted molar refractivity (Wildman–Crippen MR) is 114 cm³/mol. The van der Waals surface area contributed by atoms with Crippen molar-refractivity contribution in [3.8, 4) is 11.5 Å². The Morgan fingerprint density at radius 2 is 2.03 bits per heavy atom. The van der Waals surface area contributed by atoms with Gasteiger partial charge in [0, 0.05) is 42.0 Å². The summed E-state index contributed by atoms with van der Waals surface area (Å²) < 4.78 is 16.4. The summed E-state index contributed by atoms with van der Waals surface area (Å²) in [7, 11) is 1.61. The molecule has 6 heteroatoms. The Hall–Kier alpha value is -2.73. The summed E-state index contributed by atoms with van der Waals surface area (Å²) in [6.07, 6.45) is 10.1. The molecule has 0 bridgehead atoms. The van der Waals surface area contributed by atoms with Crippen LogP contribution in [0.15, 0.2) is 47.3 Å². The predicted octanol–water partition coefficient (Wildman–Crippen LogP) is 4.58. The molecule has 2 atom stereocenters. The van der Waals surface area contributed by atoms with E-state index in [0.717, 1.165) is 12.1 Å². The van der Waals surface area contributed by atoms with Gasteiger partial charge in [-0.3, -0.25) is 9.69 Å². The molecule has 0 saturated carbocycles. The molecule has 2 heterocycles. The standard InChI is InChI=1S/C23H30N2O4/c1-17-5-4-6-18(2)25(17)12-14-29-22-15-20(8-9-21(22)27-3)24-23(26)10-7-19-11-13-28-16-19/h7-11,13,15-18H,4-6,12,14H2,1-3H3,(H,24,26)/b10-7+/t17-,18+. The zero-order chi connectivity index (χ0) is 20.6. The third-order valence-electron chi connectivity index (χ3n) is 5.38. The van der Waals surface area contributed by atoms with E-state index in [0.29, 0.717) is 35.9 Å². The lowest BCUT2D eigenvalue weighted by Gasteiger charge is -2.38. The maximum atomic E-state index is 12.2. The van der Waals surface area contributed by atoms with E-state index in [1.54, 1.807) is 50.0 Å². The van der Waals surface area contributed by atoms with Crippen molar-refractivity contribution in [1.29, 1.82) is 0 Å². The summed E-state index contributed by atoms with van der Waals surface area (Å²) in [6, 6.07) is 8.34. The van der Waals surface area contributed by atoms with Gasteiger partial charge < -0.3 is 19.2 Å². The Morgan fingerprint density at radius 3 is 2.72 bits per heavy atom.